The lowest BCUT2D eigenvalue weighted by atomic mass is 9.72. The minimum atomic E-state index is -0.890. The molecule has 1 aromatic carbocycles. The molecule has 0 radical (unpaired) electrons. The van der Waals surface area contributed by atoms with Gasteiger partial charge in [-0.05, 0) is 24.8 Å². The molecule has 2 N–H and O–H groups in total. The molecule has 5 heteroatoms. The van der Waals surface area contributed by atoms with Gasteiger partial charge in [0.15, 0.2) is 0 Å². The number of amides is 1. The summed E-state index contributed by atoms with van der Waals surface area (Å²) in [4.78, 5) is 11.9. The van der Waals surface area contributed by atoms with Crippen molar-refractivity contribution in [1.29, 1.82) is 0 Å². The largest absolute Gasteiger partial charge is 0.478 e. The van der Waals surface area contributed by atoms with E-state index in [2.05, 4.69) is 5.32 Å². The summed E-state index contributed by atoms with van der Waals surface area (Å²) in [6.07, 6.45) is 2.98. The fourth-order valence-corrected chi connectivity index (χ4v) is 2.35. The van der Waals surface area contributed by atoms with E-state index in [1.807, 2.05) is 37.3 Å². The van der Waals surface area contributed by atoms with Crippen LogP contribution in [0.4, 0.5) is 0 Å². The van der Waals surface area contributed by atoms with Gasteiger partial charge in [-0.3, -0.25) is 4.79 Å². The van der Waals surface area contributed by atoms with E-state index >= 15 is 0 Å². The van der Waals surface area contributed by atoms with Gasteiger partial charge >= 0.3 is 7.12 Å². The summed E-state index contributed by atoms with van der Waals surface area (Å²) in [7, 11) is -0.890. The van der Waals surface area contributed by atoms with Gasteiger partial charge in [-0.2, -0.15) is 0 Å². The van der Waals surface area contributed by atoms with Crippen molar-refractivity contribution in [3.8, 4) is 0 Å². The van der Waals surface area contributed by atoms with E-state index in [1.54, 1.807) is 0 Å². The van der Waals surface area contributed by atoms with Gasteiger partial charge in [0.1, 0.15) is 0 Å². The highest BCUT2D eigenvalue weighted by atomic mass is 16.5. The second kappa shape index (κ2) is 6.73. The van der Waals surface area contributed by atoms with E-state index in [-0.39, 0.29) is 18.0 Å². The van der Waals surface area contributed by atoms with Crippen LogP contribution in [0.1, 0.15) is 31.7 Å². The van der Waals surface area contributed by atoms with Gasteiger partial charge in [0, 0.05) is 6.10 Å². The summed E-state index contributed by atoms with van der Waals surface area (Å²) < 4.78 is 5.44. The summed E-state index contributed by atoms with van der Waals surface area (Å²) in [6.45, 7) is 2.03. The Bertz CT molecular complexity index is 412. The van der Waals surface area contributed by atoms with Crippen molar-refractivity contribution in [2.24, 2.45) is 0 Å². The first-order chi connectivity index (χ1) is 9.19. The number of hydrogen-bond donors (Lipinski definition) is 2. The SMILES string of the molecule is CCC1CCC(NC(=O)Cc2ccccc2)B(O)O1. The van der Waals surface area contributed by atoms with Gasteiger partial charge in [-0.15, -0.1) is 0 Å². The van der Waals surface area contributed by atoms with Crippen LogP contribution in [0.15, 0.2) is 30.3 Å². The maximum absolute atomic E-state index is 11.9. The molecular formula is C14H20BNO3. The zero-order chi connectivity index (χ0) is 13.7. The molecule has 0 spiro atoms. The topological polar surface area (TPSA) is 58.6 Å². The number of benzene rings is 1. The third-order valence-corrected chi connectivity index (χ3v) is 3.48. The highest BCUT2D eigenvalue weighted by molar-refractivity contribution is 6.45. The molecule has 0 saturated carbocycles. The molecule has 4 nitrogen and oxygen atoms in total. The van der Waals surface area contributed by atoms with E-state index in [1.165, 1.54) is 0 Å². The van der Waals surface area contributed by atoms with Crippen molar-refractivity contribution in [2.75, 3.05) is 0 Å². The van der Waals surface area contributed by atoms with Crippen LogP contribution in [0.3, 0.4) is 0 Å². The van der Waals surface area contributed by atoms with Crippen molar-refractivity contribution in [3.05, 3.63) is 35.9 Å². The Morgan fingerprint density at radius 1 is 1.42 bits per heavy atom. The molecule has 0 aliphatic carbocycles. The summed E-state index contributed by atoms with van der Waals surface area (Å²) in [6, 6.07) is 9.58. The summed E-state index contributed by atoms with van der Waals surface area (Å²) in [5, 5.41) is 12.7. The zero-order valence-electron chi connectivity index (χ0n) is 11.2. The lowest BCUT2D eigenvalue weighted by Gasteiger charge is -2.31. The second-order valence-electron chi connectivity index (χ2n) is 4.97. The summed E-state index contributed by atoms with van der Waals surface area (Å²) in [5.41, 5.74) is 0.970. The van der Waals surface area contributed by atoms with Gasteiger partial charge < -0.3 is 15.0 Å². The minimum absolute atomic E-state index is 0.0752. The van der Waals surface area contributed by atoms with Gasteiger partial charge in [0.05, 0.1) is 12.4 Å². The molecule has 1 aliphatic rings. The number of rotatable bonds is 4. The minimum Gasteiger partial charge on any atom is -0.426 e. The Labute approximate surface area is 114 Å². The van der Waals surface area contributed by atoms with Crippen molar-refractivity contribution in [1.82, 2.24) is 5.32 Å². The maximum atomic E-state index is 11.9. The Morgan fingerprint density at radius 2 is 2.16 bits per heavy atom. The average Bonchev–Trinajstić information content (AvgIpc) is 2.42. The lowest BCUT2D eigenvalue weighted by molar-refractivity contribution is -0.121. The molecule has 0 aromatic heterocycles. The van der Waals surface area contributed by atoms with Gasteiger partial charge in [-0.1, -0.05) is 37.3 Å². The maximum Gasteiger partial charge on any atom is 0.478 e. The standard InChI is InChI=1S/C14H20BNO3/c1-2-12-8-9-13(15(18)19-12)16-14(17)10-11-6-4-3-5-7-11/h3-7,12-13,18H,2,8-10H2,1H3,(H,16,17). The Balaban J connectivity index is 1.83. The predicted molar refractivity (Wildman–Crippen MR) is 74.4 cm³/mol. The Morgan fingerprint density at radius 3 is 2.79 bits per heavy atom. The van der Waals surface area contributed by atoms with E-state index in [0.717, 1.165) is 24.8 Å². The Hall–Kier alpha value is -1.33. The summed E-state index contributed by atoms with van der Waals surface area (Å²) in [5.74, 6) is -0.368. The normalized spacial score (nSPS) is 23.2. The molecule has 2 rings (SSSR count). The monoisotopic (exact) mass is 261 g/mol. The molecular weight excluding hydrogens is 241 g/mol. The molecule has 102 valence electrons. The molecule has 1 aliphatic heterocycles. The van der Waals surface area contributed by atoms with Crippen molar-refractivity contribution < 1.29 is 14.5 Å². The highest BCUT2D eigenvalue weighted by Gasteiger charge is 2.35. The first-order valence-electron chi connectivity index (χ1n) is 6.86. The molecule has 0 bridgehead atoms. The second-order valence-corrected chi connectivity index (χ2v) is 4.97. The van der Waals surface area contributed by atoms with Crippen LogP contribution in [0.5, 0.6) is 0 Å². The average molecular weight is 261 g/mol. The van der Waals surface area contributed by atoms with Crippen LogP contribution in [-0.4, -0.2) is 30.1 Å². The van der Waals surface area contributed by atoms with Crippen LogP contribution in [0.2, 0.25) is 0 Å². The molecule has 2 atom stereocenters. The highest BCUT2D eigenvalue weighted by Crippen LogP contribution is 2.18. The van der Waals surface area contributed by atoms with Crippen LogP contribution >= 0.6 is 0 Å². The van der Waals surface area contributed by atoms with Crippen LogP contribution in [0.25, 0.3) is 0 Å². The van der Waals surface area contributed by atoms with Gasteiger partial charge in [0.2, 0.25) is 5.91 Å². The van der Waals surface area contributed by atoms with Crippen molar-refractivity contribution in [2.45, 2.75) is 44.7 Å². The smallest absolute Gasteiger partial charge is 0.426 e. The quantitative estimate of drug-likeness (QED) is 0.804. The van der Waals surface area contributed by atoms with E-state index in [4.69, 9.17) is 4.65 Å². The molecule has 1 aromatic rings. The fraction of sp³-hybridized carbons (Fsp3) is 0.500. The summed E-state index contributed by atoms with van der Waals surface area (Å²) >= 11 is 0. The molecule has 1 heterocycles. The first kappa shape index (κ1) is 14.1. The molecule has 1 amide bonds. The third-order valence-electron chi connectivity index (χ3n) is 3.48. The molecule has 1 fully saturated rings. The lowest BCUT2D eigenvalue weighted by Crippen LogP contribution is -2.52. The third kappa shape index (κ3) is 4.08. The van der Waals surface area contributed by atoms with E-state index < -0.39 is 7.12 Å². The van der Waals surface area contributed by atoms with Gasteiger partial charge in [-0.25, -0.2) is 0 Å². The van der Waals surface area contributed by atoms with E-state index in [0.29, 0.717) is 6.42 Å². The molecule has 2 unspecified atom stereocenters. The number of carbonyl (C=O) groups excluding carboxylic acids is 1. The van der Waals surface area contributed by atoms with Crippen LogP contribution < -0.4 is 5.32 Å². The van der Waals surface area contributed by atoms with E-state index in [9.17, 15) is 9.82 Å². The van der Waals surface area contributed by atoms with Crippen LogP contribution in [-0.2, 0) is 15.9 Å². The van der Waals surface area contributed by atoms with Crippen molar-refractivity contribution >= 4 is 13.0 Å². The van der Waals surface area contributed by atoms with Crippen LogP contribution in [0, 0.1) is 0 Å². The van der Waals surface area contributed by atoms with Crippen molar-refractivity contribution in [3.63, 3.8) is 0 Å². The molecule has 1 saturated heterocycles. The Kier molecular flexibility index (Phi) is 4.99. The number of carbonyl (C=O) groups is 1. The number of nitrogens with one attached hydrogen (secondary N) is 1. The first-order valence-corrected chi connectivity index (χ1v) is 6.86. The fourth-order valence-electron chi connectivity index (χ4n) is 2.35. The van der Waals surface area contributed by atoms with Gasteiger partial charge in [0.25, 0.3) is 0 Å². The predicted octanol–water partition coefficient (Wildman–Crippen LogP) is 1.32. The number of hydrogen-bond acceptors (Lipinski definition) is 3. The molecule has 19 heavy (non-hydrogen) atoms. The zero-order valence-corrected chi connectivity index (χ0v) is 11.2.